The minimum Gasteiger partial charge on any atom is -0.360 e. The molecular formula is C9H11N5. The van der Waals surface area contributed by atoms with Crippen LogP contribution in [0.25, 0.3) is 11.4 Å². The molecule has 0 saturated carbocycles. The zero-order valence-electron chi connectivity index (χ0n) is 7.64. The van der Waals surface area contributed by atoms with Gasteiger partial charge in [-0.1, -0.05) is 0 Å². The van der Waals surface area contributed by atoms with Crippen LogP contribution in [0.3, 0.4) is 0 Å². The van der Waals surface area contributed by atoms with Crippen LogP contribution in [0.1, 0.15) is 5.82 Å². The lowest BCUT2D eigenvalue weighted by Crippen LogP contribution is -2.07. The molecule has 0 aliphatic heterocycles. The second-order valence-corrected chi connectivity index (χ2v) is 2.88. The van der Waals surface area contributed by atoms with Crippen molar-refractivity contribution < 1.29 is 0 Å². The van der Waals surface area contributed by atoms with Gasteiger partial charge < -0.3 is 10.7 Å². The van der Waals surface area contributed by atoms with Crippen LogP contribution in [0.4, 0.5) is 0 Å². The van der Waals surface area contributed by atoms with Crippen molar-refractivity contribution in [1.82, 2.24) is 20.2 Å². The number of aromatic nitrogens is 4. The maximum absolute atomic E-state index is 5.38. The van der Waals surface area contributed by atoms with Crippen molar-refractivity contribution in [3.8, 4) is 11.4 Å². The fraction of sp³-hybridized carbons (Fsp3) is 0.222. The van der Waals surface area contributed by atoms with Gasteiger partial charge in [0.15, 0.2) is 5.82 Å². The first-order valence-corrected chi connectivity index (χ1v) is 4.42. The summed E-state index contributed by atoms with van der Waals surface area (Å²) in [5.74, 6) is 0.683. The van der Waals surface area contributed by atoms with Crippen LogP contribution in [-0.2, 0) is 6.42 Å². The van der Waals surface area contributed by atoms with Crippen molar-refractivity contribution in [2.24, 2.45) is 5.73 Å². The Balaban J connectivity index is 2.22. The summed E-state index contributed by atoms with van der Waals surface area (Å²) in [6, 6.07) is 3.83. The van der Waals surface area contributed by atoms with E-state index >= 15 is 0 Å². The molecule has 0 spiro atoms. The Morgan fingerprint density at radius 1 is 1.36 bits per heavy atom. The normalized spacial score (nSPS) is 10.4. The second kappa shape index (κ2) is 3.97. The van der Waals surface area contributed by atoms with E-state index in [0.29, 0.717) is 18.8 Å². The van der Waals surface area contributed by atoms with Crippen molar-refractivity contribution >= 4 is 0 Å². The number of aromatic amines is 1. The molecule has 0 saturated heterocycles. The summed E-state index contributed by atoms with van der Waals surface area (Å²) in [5.41, 5.74) is 7.05. The van der Waals surface area contributed by atoms with Crippen LogP contribution in [-0.4, -0.2) is 26.7 Å². The number of hydrogen-bond donors (Lipinski definition) is 2. The minimum atomic E-state index is 0.545. The van der Waals surface area contributed by atoms with Crippen molar-refractivity contribution in [2.45, 2.75) is 6.42 Å². The van der Waals surface area contributed by atoms with Crippen LogP contribution in [0.2, 0.25) is 0 Å². The predicted octanol–water partition coefficient (Wildman–Crippen LogP) is 0.368. The van der Waals surface area contributed by atoms with Gasteiger partial charge in [0, 0.05) is 12.6 Å². The topological polar surface area (TPSA) is 80.5 Å². The molecule has 0 aromatic carbocycles. The summed E-state index contributed by atoms with van der Waals surface area (Å²) < 4.78 is 0. The summed E-state index contributed by atoms with van der Waals surface area (Å²) in [6.07, 6.45) is 4.20. The lowest BCUT2D eigenvalue weighted by Gasteiger charge is -1.97. The van der Waals surface area contributed by atoms with Crippen molar-refractivity contribution in [1.29, 1.82) is 0 Å². The molecule has 0 radical (unpaired) electrons. The molecule has 0 aliphatic carbocycles. The van der Waals surface area contributed by atoms with Gasteiger partial charge in [0.25, 0.3) is 0 Å². The van der Waals surface area contributed by atoms with Crippen molar-refractivity contribution in [2.75, 3.05) is 6.54 Å². The molecule has 0 atom stereocenters. The van der Waals surface area contributed by atoms with E-state index in [9.17, 15) is 0 Å². The summed E-state index contributed by atoms with van der Waals surface area (Å²) in [4.78, 5) is 7.19. The van der Waals surface area contributed by atoms with Gasteiger partial charge in [-0.15, -0.1) is 10.2 Å². The first-order valence-electron chi connectivity index (χ1n) is 4.42. The maximum atomic E-state index is 5.38. The third-order valence-corrected chi connectivity index (χ3v) is 1.85. The van der Waals surface area contributed by atoms with E-state index in [1.165, 1.54) is 0 Å². The lowest BCUT2D eigenvalue weighted by atomic mass is 10.3. The average Bonchev–Trinajstić information content (AvgIpc) is 2.72. The lowest BCUT2D eigenvalue weighted by molar-refractivity contribution is 0.812. The van der Waals surface area contributed by atoms with Gasteiger partial charge in [-0.2, -0.15) is 0 Å². The highest BCUT2D eigenvalue weighted by atomic mass is 15.2. The molecule has 0 amide bonds. The molecule has 14 heavy (non-hydrogen) atoms. The quantitative estimate of drug-likeness (QED) is 0.730. The highest BCUT2D eigenvalue weighted by molar-refractivity contribution is 5.51. The molecular weight excluding hydrogens is 178 g/mol. The van der Waals surface area contributed by atoms with Crippen LogP contribution < -0.4 is 5.73 Å². The number of nitrogens with one attached hydrogen (secondary N) is 1. The van der Waals surface area contributed by atoms with E-state index in [4.69, 9.17) is 5.73 Å². The first kappa shape index (κ1) is 8.83. The van der Waals surface area contributed by atoms with Gasteiger partial charge in [0.2, 0.25) is 0 Å². The first-order chi connectivity index (χ1) is 6.90. The van der Waals surface area contributed by atoms with Crippen molar-refractivity contribution in [3.05, 3.63) is 30.4 Å². The van der Waals surface area contributed by atoms with Crippen LogP contribution in [0, 0.1) is 0 Å². The third-order valence-electron chi connectivity index (χ3n) is 1.85. The smallest absolute Gasteiger partial charge is 0.152 e. The zero-order valence-corrected chi connectivity index (χ0v) is 7.64. The maximum Gasteiger partial charge on any atom is 0.152 e. The molecule has 2 heterocycles. The third kappa shape index (κ3) is 1.77. The molecule has 0 bridgehead atoms. The molecule has 2 rings (SSSR count). The van der Waals surface area contributed by atoms with Gasteiger partial charge >= 0.3 is 0 Å². The van der Waals surface area contributed by atoms with E-state index in [1.54, 1.807) is 6.20 Å². The molecule has 5 nitrogen and oxygen atoms in total. The van der Waals surface area contributed by atoms with Gasteiger partial charge in [0.1, 0.15) is 5.69 Å². The van der Waals surface area contributed by atoms with E-state index in [2.05, 4.69) is 20.2 Å². The SMILES string of the molecule is NCCc1ncc(-c2ccc[nH]2)nn1. The minimum absolute atomic E-state index is 0.545. The largest absolute Gasteiger partial charge is 0.360 e. The highest BCUT2D eigenvalue weighted by Gasteiger charge is 2.01. The van der Waals surface area contributed by atoms with Gasteiger partial charge in [-0.25, -0.2) is 4.98 Å². The Bertz CT molecular complexity index is 378. The van der Waals surface area contributed by atoms with Gasteiger partial charge in [0.05, 0.1) is 11.9 Å². The molecule has 72 valence electrons. The molecule has 0 aliphatic rings. The Kier molecular flexibility index (Phi) is 2.51. The summed E-state index contributed by atoms with van der Waals surface area (Å²) in [7, 11) is 0. The Morgan fingerprint density at radius 3 is 2.86 bits per heavy atom. The Hall–Kier alpha value is -1.75. The average molecular weight is 189 g/mol. The van der Waals surface area contributed by atoms with E-state index in [-0.39, 0.29) is 0 Å². The molecule has 0 unspecified atom stereocenters. The van der Waals surface area contributed by atoms with E-state index in [1.807, 2.05) is 18.3 Å². The van der Waals surface area contributed by atoms with Crippen LogP contribution >= 0.6 is 0 Å². The number of hydrogen-bond acceptors (Lipinski definition) is 4. The van der Waals surface area contributed by atoms with Crippen LogP contribution in [0.5, 0.6) is 0 Å². The highest BCUT2D eigenvalue weighted by Crippen LogP contribution is 2.10. The van der Waals surface area contributed by atoms with E-state index in [0.717, 1.165) is 11.4 Å². The zero-order chi connectivity index (χ0) is 9.80. The van der Waals surface area contributed by atoms with Crippen LogP contribution in [0.15, 0.2) is 24.5 Å². The number of nitrogens with zero attached hydrogens (tertiary/aromatic N) is 3. The number of H-pyrrole nitrogens is 1. The summed E-state index contributed by atoms with van der Waals surface area (Å²) in [5, 5.41) is 8.00. The predicted molar refractivity (Wildman–Crippen MR) is 52.4 cm³/mol. The molecule has 3 N–H and O–H groups in total. The summed E-state index contributed by atoms with van der Waals surface area (Å²) >= 11 is 0. The summed E-state index contributed by atoms with van der Waals surface area (Å²) in [6.45, 7) is 0.545. The fourth-order valence-corrected chi connectivity index (χ4v) is 1.16. The van der Waals surface area contributed by atoms with Crippen molar-refractivity contribution in [3.63, 3.8) is 0 Å². The molecule has 2 aromatic heterocycles. The molecule has 0 fully saturated rings. The fourth-order valence-electron chi connectivity index (χ4n) is 1.16. The number of rotatable bonds is 3. The standard InChI is InChI=1S/C9H11N5/c10-4-3-9-12-6-8(13-14-9)7-2-1-5-11-7/h1-2,5-6,11H,3-4,10H2. The number of nitrogens with two attached hydrogens (primary N) is 1. The monoisotopic (exact) mass is 189 g/mol. The van der Waals surface area contributed by atoms with Gasteiger partial charge in [-0.3, -0.25) is 0 Å². The Labute approximate surface area is 81.4 Å². The van der Waals surface area contributed by atoms with E-state index < -0.39 is 0 Å². The van der Waals surface area contributed by atoms with Gasteiger partial charge in [-0.05, 0) is 18.7 Å². The molecule has 2 aromatic rings. The Morgan fingerprint density at radius 2 is 2.29 bits per heavy atom. The second-order valence-electron chi connectivity index (χ2n) is 2.88. The molecule has 5 heteroatoms.